The van der Waals surface area contributed by atoms with Crippen molar-refractivity contribution < 1.29 is 9.53 Å². The number of anilines is 1. The van der Waals surface area contributed by atoms with E-state index in [2.05, 4.69) is 5.32 Å². The molecule has 2 aliphatic rings. The van der Waals surface area contributed by atoms with E-state index >= 15 is 0 Å². The first-order valence-electron chi connectivity index (χ1n) is 6.32. The third-order valence-corrected chi connectivity index (χ3v) is 4.33. The van der Waals surface area contributed by atoms with Gasteiger partial charge in [-0.2, -0.15) is 0 Å². The van der Waals surface area contributed by atoms with Crippen LogP contribution in [-0.2, 0) is 4.79 Å². The van der Waals surface area contributed by atoms with Crippen LogP contribution in [0, 0.1) is 17.8 Å². The fourth-order valence-electron chi connectivity index (χ4n) is 2.92. The highest BCUT2D eigenvalue weighted by molar-refractivity contribution is 6.32. The number of nitrogens with one attached hydrogen (secondary N) is 1. The Morgan fingerprint density at radius 2 is 2.06 bits per heavy atom. The van der Waals surface area contributed by atoms with Crippen LogP contribution >= 0.6 is 11.6 Å². The molecule has 0 saturated heterocycles. The number of hydrogen-bond acceptors (Lipinski definition) is 2. The van der Waals surface area contributed by atoms with Crippen molar-refractivity contribution in [2.24, 2.45) is 17.8 Å². The molecule has 0 spiro atoms. The molecule has 1 amide bonds. The lowest BCUT2D eigenvalue weighted by Gasteiger charge is -2.13. The average Bonchev–Trinajstić information content (AvgIpc) is 2.96. The smallest absolute Gasteiger partial charge is 0.227 e. The number of carbonyl (C=O) groups excluding carboxylic acids is 1. The van der Waals surface area contributed by atoms with Gasteiger partial charge in [-0.3, -0.25) is 4.79 Å². The van der Waals surface area contributed by atoms with Crippen LogP contribution in [0.15, 0.2) is 18.2 Å². The van der Waals surface area contributed by atoms with Crippen molar-refractivity contribution in [3.8, 4) is 5.75 Å². The molecule has 1 aromatic rings. The average molecular weight is 266 g/mol. The molecule has 2 atom stereocenters. The summed E-state index contributed by atoms with van der Waals surface area (Å²) in [7, 11) is 1.57. The summed E-state index contributed by atoms with van der Waals surface area (Å²) in [6.07, 6.45) is 3.44. The summed E-state index contributed by atoms with van der Waals surface area (Å²) in [4.78, 5) is 12.1. The standard InChI is InChI=1S/C14H16ClNO2/c1-18-13-3-2-11(7-12(13)15)16-14(17)10-5-8-4-9(8)6-10/h2-3,7-10H,4-6H2,1H3,(H,16,17). The summed E-state index contributed by atoms with van der Waals surface area (Å²) in [5.74, 6) is 2.58. The minimum atomic E-state index is 0.128. The monoisotopic (exact) mass is 265 g/mol. The normalized spacial score (nSPS) is 28.7. The molecule has 2 aliphatic carbocycles. The van der Waals surface area contributed by atoms with Gasteiger partial charge in [0.05, 0.1) is 12.1 Å². The number of amides is 1. The molecule has 0 heterocycles. The van der Waals surface area contributed by atoms with Gasteiger partial charge in [0, 0.05) is 11.6 Å². The number of carbonyl (C=O) groups is 1. The zero-order valence-corrected chi connectivity index (χ0v) is 11.0. The van der Waals surface area contributed by atoms with Gasteiger partial charge in [-0.05, 0) is 49.3 Å². The van der Waals surface area contributed by atoms with Crippen LogP contribution in [-0.4, -0.2) is 13.0 Å². The summed E-state index contributed by atoms with van der Waals surface area (Å²) < 4.78 is 5.08. The number of ether oxygens (including phenoxy) is 1. The minimum absolute atomic E-state index is 0.128. The maximum atomic E-state index is 12.1. The molecule has 2 saturated carbocycles. The molecule has 1 aromatic carbocycles. The lowest BCUT2D eigenvalue weighted by Crippen LogP contribution is -2.21. The Hall–Kier alpha value is -1.22. The predicted molar refractivity (Wildman–Crippen MR) is 71.0 cm³/mol. The molecule has 0 bridgehead atoms. The van der Waals surface area contributed by atoms with Crippen LogP contribution in [0.2, 0.25) is 5.02 Å². The number of benzene rings is 1. The third kappa shape index (κ3) is 2.19. The molecule has 2 unspecified atom stereocenters. The van der Waals surface area contributed by atoms with E-state index in [-0.39, 0.29) is 11.8 Å². The molecule has 0 aliphatic heterocycles. The Labute approximate surface area is 111 Å². The van der Waals surface area contributed by atoms with Crippen molar-refractivity contribution in [2.75, 3.05) is 12.4 Å². The molecule has 1 N–H and O–H groups in total. The minimum Gasteiger partial charge on any atom is -0.495 e. The van der Waals surface area contributed by atoms with Crippen LogP contribution < -0.4 is 10.1 Å². The molecule has 96 valence electrons. The van der Waals surface area contributed by atoms with E-state index in [0.29, 0.717) is 10.8 Å². The number of rotatable bonds is 3. The van der Waals surface area contributed by atoms with Gasteiger partial charge in [0.2, 0.25) is 5.91 Å². The van der Waals surface area contributed by atoms with Gasteiger partial charge in [0.1, 0.15) is 5.75 Å². The molecular formula is C14H16ClNO2. The molecule has 0 radical (unpaired) electrons. The first-order valence-corrected chi connectivity index (χ1v) is 6.69. The number of halogens is 1. The second-order valence-electron chi connectivity index (χ2n) is 5.26. The summed E-state index contributed by atoms with van der Waals surface area (Å²) >= 11 is 6.03. The zero-order valence-electron chi connectivity index (χ0n) is 10.3. The van der Waals surface area contributed by atoms with Crippen molar-refractivity contribution >= 4 is 23.2 Å². The fourth-order valence-corrected chi connectivity index (χ4v) is 3.18. The Morgan fingerprint density at radius 1 is 1.33 bits per heavy atom. The van der Waals surface area contributed by atoms with Crippen molar-refractivity contribution in [1.82, 2.24) is 0 Å². The van der Waals surface area contributed by atoms with Crippen LogP contribution in [0.4, 0.5) is 5.69 Å². The maximum Gasteiger partial charge on any atom is 0.227 e. The van der Waals surface area contributed by atoms with Crippen molar-refractivity contribution in [2.45, 2.75) is 19.3 Å². The number of hydrogen-bond donors (Lipinski definition) is 1. The molecule has 18 heavy (non-hydrogen) atoms. The lowest BCUT2D eigenvalue weighted by molar-refractivity contribution is -0.120. The summed E-state index contributed by atoms with van der Waals surface area (Å²) in [5, 5.41) is 3.46. The van der Waals surface area contributed by atoms with E-state index in [0.717, 1.165) is 30.4 Å². The highest BCUT2D eigenvalue weighted by atomic mass is 35.5. The summed E-state index contributed by atoms with van der Waals surface area (Å²) in [5.41, 5.74) is 0.742. The first kappa shape index (κ1) is 11.8. The molecule has 0 aromatic heterocycles. The Morgan fingerprint density at radius 3 is 2.67 bits per heavy atom. The van der Waals surface area contributed by atoms with Crippen LogP contribution in [0.25, 0.3) is 0 Å². The fraction of sp³-hybridized carbons (Fsp3) is 0.500. The van der Waals surface area contributed by atoms with E-state index in [1.807, 2.05) is 6.07 Å². The number of fused-ring (bicyclic) bond motifs is 1. The van der Waals surface area contributed by atoms with Crippen LogP contribution in [0.1, 0.15) is 19.3 Å². The first-order chi connectivity index (χ1) is 8.67. The van der Waals surface area contributed by atoms with Crippen molar-refractivity contribution in [3.05, 3.63) is 23.2 Å². The topological polar surface area (TPSA) is 38.3 Å². The van der Waals surface area contributed by atoms with Crippen molar-refractivity contribution in [3.63, 3.8) is 0 Å². The summed E-state index contributed by atoms with van der Waals surface area (Å²) in [6.45, 7) is 0. The highest BCUT2D eigenvalue weighted by Gasteiger charge is 2.47. The number of methoxy groups -OCH3 is 1. The van der Waals surface area contributed by atoms with Gasteiger partial charge in [-0.25, -0.2) is 0 Å². The lowest BCUT2D eigenvalue weighted by atomic mass is 10.0. The molecule has 4 heteroatoms. The Bertz CT molecular complexity index is 479. The van der Waals surface area contributed by atoms with E-state index in [9.17, 15) is 4.79 Å². The Kier molecular flexibility index (Phi) is 2.94. The van der Waals surface area contributed by atoms with Crippen LogP contribution in [0.3, 0.4) is 0 Å². The SMILES string of the molecule is COc1ccc(NC(=O)C2CC3CC3C2)cc1Cl. The van der Waals surface area contributed by atoms with Crippen molar-refractivity contribution in [1.29, 1.82) is 0 Å². The van der Waals surface area contributed by atoms with Crippen LogP contribution in [0.5, 0.6) is 5.75 Å². The van der Waals surface area contributed by atoms with E-state index < -0.39 is 0 Å². The van der Waals surface area contributed by atoms with Gasteiger partial charge in [0.25, 0.3) is 0 Å². The molecular weight excluding hydrogens is 250 g/mol. The van der Waals surface area contributed by atoms with Gasteiger partial charge < -0.3 is 10.1 Å². The Balaban J connectivity index is 1.65. The van der Waals surface area contributed by atoms with Gasteiger partial charge in [0.15, 0.2) is 0 Å². The van der Waals surface area contributed by atoms with Gasteiger partial charge >= 0.3 is 0 Å². The van der Waals surface area contributed by atoms with E-state index in [4.69, 9.17) is 16.3 Å². The second kappa shape index (κ2) is 4.47. The summed E-state index contributed by atoms with van der Waals surface area (Å²) in [6, 6.07) is 5.32. The van der Waals surface area contributed by atoms with E-state index in [1.54, 1.807) is 19.2 Å². The van der Waals surface area contributed by atoms with Gasteiger partial charge in [-0.15, -0.1) is 0 Å². The predicted octanol–water partition coefficient (Wildman–Crippen LogP) is 3.33. The molecule has 2 fully saturated rings. The second-order valence-corrected chi connectivity index (χ2v) is 5.67. The van der Waals surface area contributed by atoms with Gasteiger partial charge in [-0.1, -0.05) is 11.6 Å². The largest absolute Gasteiger partial charge is 0.495 e. The zero-order chi connectivity index (χ0) is 12.7. The van der Waals surface area contributed by atoms with E-state index in [1.165, 1.54) is 6.42 Å². The third-order valence-electron chi connectivity index (χ3n) is 4.03. The quantitative estimate of drug-likeness (QED) is 0.910. The molecule has 3 rings (SSSR count). The highest BCUT2D eigenvalue weighted by Crippen LogP contribution is 2.54. The molecule has 3 nitrogen and oxygen atoms in total. The maximum absolute atomic E-state index is 12.1.